The highest BCUT2D eigenvalue weighted by Gasteiger charge is 2.13. The largest absolute Gasteiger partial charge is 0.478 e. The first-order valence-electron chi connectivity index (χ1n) is 7.87. The Bertz CT molecular complexity index is 880. The van der Waals surface area contributed by atoms with Gasteiger partial charge < -0.3 is 19.7 Å². The number of H-pyrrole nitrogens is 1. The van der Waals surface area contributed by atoms with Crippen LogP contribution in [0.2, 0.25) is 0 Å². The van der Waals surface area contributed by atoms with Crippen LogP contribution in [-0.2, 0) is 4.74 Å². The first kappa shape index (κ1) is 14.7. The lowest BCUT2D eigenvalue weighted by Gasteiger charge is -2.28. The molecule has 1 aromatic heterocycles. The molecule has 2 N–H and O–H groups in total. The summed E-state index contributed by atoms with van der Waals surface area (Å²) >= 11 is 0. The van der Waals surface area contributed by atoms with Crippen molar-refractivity contribution in [3.8, 4) is 11.4 Å². The molecule has 1 fully saturated rings. The van der Waals surface area contributed by atoms with Gasteiger partial charge in [0.05, 0.1) is 29.8 Å². The first-order valence-corrected chi connectivity index (χ1v) is 7.87. The zero-order valence-electron chi connectivity index (χ0n) is 13.0. The molecule has 2 heterocycles. The number of benzene rings is 2. The Morgan fingerprint density at radius 3 is 2.58 bits per heavy atom. The number of imidazole rings is 1. The van der Waals surface area contributed by atoms with E-state index < -0.39 is 5.97 Å². The quantitative estimate of drug-likeness (QED) is 0.775. The highest BCUT2D eigenvalue weighted by atomic mass is 16.5. The second-order valence-electron chi connectivity index (χ2n) is 5.77. The van der Waals surface area contributed by atoms with E-state index >= 15 is 0 Å². The van der Waals surface area contributed by atoms with Crippen molar-refractivity contribution in [1.29, 1.82) is 0 Å². The molecule has 122 valence electrons. The number of aromatic nitrogens is 2. The first-order chi connectivity index (χ1) is 11.7. The van der Waals surface area contributed by atoms with Gasteiger partial charge in [0, 0.05) is 24.3 Å². The number of fused-ring (bicyclic) bond motifs is 1. The molecule has 0 spiro atoms. The van der Waals surface area contributed by atoms with Crippen LogP contribution < -0.4 is 4.90 Å². The predicted octanol–water partition coefficient (Wildman–Crippen LogP) is 2.76. The van der Waals surface area contributed by atoms with Crippen molar-refractivity contribution in [2.75, 3.05) is 31.2 Å². The molecule has 3 aromatic rings. The fraction of sp³-hybridized carbons (Fsp3) is 0.222. The lowest BCUT2D eigenvalue weighted by atomic mass is 10.1. The lowest BCUT2D eigenvalue weighted by molar-refractivity contribution is 0.0697. The summed E-state index contributed by atoms with van der Waals surface area (Å²) in [6, 6.07) is 12.9. The number of ether oxygens (including phenoxy) is 1. The maximum Gasteiger partial charge on any atom is 0.335 e. The second-order valence-corrected chi connectivity index (χ2v) is 5.77. The molecule has 1 aliphatic rings. The number of hydrogen-bond acceptors (Lipinski definition) is 4. The van der Waals surface area contributed by atoms with Gasteiger partial charge in [0.25, 0.3) is 0 Å². The fourth-order valence-electron chi connectivity index (χ4n) is 2.92. The zero-order valence-corrected chi connectivity index (χ0v) is 13.0. The summed E-state index contributed by atoms with van der Waals surface area (Å²) in [5, 5.41) is 8.98. The minimum atomic E-state index is -0.929. The van der Waals surface area contributed by atoms with Crippen LogP contribution in [0.25, 0.3) is 22.4 Å². The third-order valence-electron chi connectivity index (χ3n) is 4.25. The molecule has 0 atom stereocenters. The van der Waals surface area contributed by atoms with Crippen molar-refractivity contribution in [3.05, 3.63) is 48.0 Å². The Balaban J connectivity index is 1.66. The maximum atomic E-state index is 10.9. The minimum absolute atomic E-state index is 0.268. The molecule has 24 heavy (non-hydrogen) atoms. The Hall–Kier alpha value is -2.86. The number of rotatable bonds is 3. The summed E-state index contributed by atoms with van der Waals surface area (Å²) in [5.74, 6) is -0.192. The predicted molar refractivity (Wildman–Crippen MR) is 91.5 cm³/mol. The van der Waals surface area contributed by atoms with E-state index in [0.717, 1.165) is 54.4 Å². The van der Waals surface area contributed by atoms with Crippen molar-refractivity contribution in [2.45, 2.75) is 0 Å². The summed E-state index contributed by atoms with van der Waals surface area (Å²) in [6.45, 7) is 3.28. The maximum absolute atomic E-state index is 10.9. The molecule has 0 unspecified atom stereocenters. The molecule has 0 aliphatic carbocycles. The summed E-state index contributed by atoms with van der Waals surface area (Å²) < 4.78 is 5.39. The standard InChI is InChI=1S/C18H17N3O3/c22-18(23)13-3-1-12(2-4-13)17-19-15-6-5-14(11-16(15)20-17)21-7-9-24-10-8-21/h1-6,11H,7-10H2,(H,19,20)(H,22,23). The van der Waals surface area contributed by atoms with Crippen molar-refractivity contribution in [3.63, 3.8) is 0 Å². The molecule has 0 bridgehead atoms. The average molecular weight is 323 g/mol. The Morgan fingerprint density at radius 2 is 1.88 bits per heavy atom. The number of morpholine rings is 1. The van der Waals surface area contributed by atoms with Crippen LogP contribution in [0.3, 0.4) is 0 Å². The number of aromatic amines is 1. The number of hydrogen-bond donors (Lipinski definition) is 2. The van der Waals surface area contributed by atoms with E-state index in [1.165, 1.54) is 0 Å². The van der Waals surface area contributed by atoms with Crippen LogP contribution in [0.15, 0.2) is 42.5 Å². The van der Waals surface area contributed by atoms with Crippen molar-refractivity contribution >= 4 is 22.7 Å². The Kier molecular flexibility index (Phi) is 3.66. The summed E-state index contributed by atoms with van der Waals surface area (Å²) in [6.07, 6.45) is 0. The Labute approximate surface area is 138 Å². The summed E-state index contributed by atoms with van der Waals surface area (Å²) in [5.41, 5.74) is 4.14. The van der Waals surface area contributed by atoms with Gasteiger partial charge in [0.15, 0.2) is 0 Å². The van der Waals surface area contributed by atoms with Gasteiger partial charge in [-0.1, -0.05) is 12.1 Å². The van der Waals surface area contributed by atoms with Gasteiger partial charge in [-0.2, -0.15) is 0 Å². The molecule has 4 rings (SSSR count). The highest BCUT2D eigenvalue weighted by molar-refractivity contribution is 5.88. The molecule has 2 aromatic carbocycles. The number of carboxylic acids is 1. The van der Waals surface area contributed by atoms with E-state index in [9.17, 15) is 4.79 Å². The van der Waals surface area contributed by atoms with E-state index in [1.54, 1.807) is 24.3 Å². The molecule has 1 aliphatic heterocycles. The van der Waals surface area contributed by atoms with Crippen LogP contribution >= 0.6 is 0 Å². The number of carboxylic acid groups (broad SMARTS) is 1. The average Bonchev–Trinajstić information content (AvgIpc) is 3.06. The van der Waals surface area contributed by atoms with Crippen LogP contribution in [0, 0.1) is 0 Å². The molecule has 0 radical (unpaired) electrons. The van der Waals surface area contributed by atoms with Crippen LogP contribution in [0.1, 0.15) is 10.4 Å². The zero-order chi connectivity index (χ0) is 16.5. The molecule has 6 nitrogen and oxygen atoms in total. The van der Waals surface area contributed by atoms with Gasteiger partial charge >= 0.3 is 5.97 Å². The van der Waals surface area contributed by atoms with Gasteiger partial charge in [-0.3, -0.25) is 0 Å². The van der Waals surface area contributed by atoms with Gasteiger partial charge in [-0.15, -0.1) is 0 Å². The van der Waals surface area contributed by atoms with Gasteiger partial charge in [-0.05, 0) is 30.3 Å². The van der Waals surface area contributed by atoms with Gasteiger partial charge in [0.2, 0.25) is 0 Å². The summed E-state index contributed by atoms with van der Waals surface area (Å²) in [4.78, 5) is 21.2. The van der Waals surface area contributed by atoms with E-state index in [4.69, 9.17) is 9.84 Å². The van der Waals surface area contributed by atoms with Crippen LogP contribution in [0.5, 0.6) is 0 Å². The number of anilines is 1. The Morgan fingerprint density at radius 1 is 1.12 bits per heavy atom. The van der Waals surface area contributed by atoms with Crippen molar-refractivity contribution < 1.29 is 14.6 Å². The van der Waals surface area contributed by atoms with Crippen molar-refractivity contribution in [1.82, 2.24) is 9.97 Å². The van der Waals surface area contributed by atoms with E-state index in [0.29, 0.717) is 0 Å². The highest BCUT2D eigenvalue weighted by Crippen LogP contribution is 2.25. The number of nitrogens with one attached hydrogen (secondary N) is 1. The topological polar surface area (TPSA) is 78.4 Å². The van der Waals surface area contributed by atoms with Crippen LogP contribution in [-0.4, -0.2) is 47.3 Å². The molecule has 6 heteroatoms. The number of nitrogens with zero attached hydrogens (tertiary/aromatic N) is 2. The lowest BCUT2D eigenvalue weighted by Crippen LogP contribution is -2.36. The van der Waals surface area contributed by atoms with Gasteiger partial charge in [-0.25, -0.2) is 9.78 Å². The molecular formula is C18H17N3O3. The number of carbonyl (C=O) groups is 1. The number of aromatic carboxylic acids is 1. The summed E-state index contributed by atoms with van der Waals surface area (Å²) in [7, 11) is 0. The van der Waals surface area contributed by atoms with E-state index in [2.05, 4.69) is 27.0 Å². The minimum Gasteiger partial charge on any atom is -0.478 e. The molecule has 1 saturated heterocycles. The SMILES string of the molecule is O=C(O)c1ccc(-c2nc3cc(N4CCOCC4)ccc3[nH]2)cc1. The van der Waals surface area contributed by atoms with Gasteiger partial charge in [0.1, 0.15) is 5.82 Å². The van der Waals surface area contributed by atoms with Crippen LogP contribution in [0.4, 0.5) is 5.69 Å². The van der Waals surface area contributed by atoms with Crippen molar-refractivity contribution in [2.24, 2.45) is 0 Å². The van der Waals surface area contributed by atoms with E-state index in [1.807, 2.05) is 6.07 Å². The third-order valence-corrected chi connectivity index (χ3v) is 4.25. The monoisotopic (exact) mass is 323 g/mol. The molecule has 0 saturated carbocycles. The smallest absolute Gasteiger partial charge is 0.335 e. The van der Waals surface area contributed by atoms with E-state index in [-0.39, 0.29) is 5.56 Å². The molecular weight excluding hydrogens is 306 g/mol. The normalized spacial score (nSPS) is 14.9. The fourth-order valence-corrected chi connectivity index (χ4v) is 2.92. The third kappa shape index (κ3) is 2.72. The molecule has 0 amide bonds. The second kappa shape index (κ2) is 5.98.